The van der Waals surface area contributed by atoms with Crippen LogP contribution in [0.4, 0.5) is 0 Å². The summed E-state index contributed by atoms with van der Waals surface area (Å²) in [4.78, 5) is 0. The van der Waals surface area contributed by atoms with Crippen LogP contribution in [-0.2, 0) is 0 Å². The van der Waals surface area contributed by atoms with Gasteiger partial charge in [-0.05, 0) is 39.5 Å². The lowest BCUT2D eigenvalue weighted by molar-refractivity contribution is 0.300. The highest BCUT2D eigenvalue weighted by Gasteiger charge is 2.30. The first-order valence-corrected chi connectivity index (χ1v) is 5.33. The summed E-state index contributed by atoms with van der Waals surface area (Å²) in [6.45, 7) is 14.1. The lowest BCUT2D eigenvalue weighted by atomic mass is 9.82. The summed E-state index contributed by atoms with van der Waals surface area (Å²) in [6, 6.07) is 2.25. The molecule has 0 N–H and O–H groups in total. The first-order chi connectivity index (χ1) is 6.47. The smallest absolute Gasteiger partial charge is 0.165 e. The van der Waals surface area contributed by atoms with Crippen molar-refractivity contribution in [3.8, 4) is 6.07 Å². The first-order valence-electron chi connectivity index (χ1n) is 5.33. The molecular weight excluding hydrogens is 186 g/mol. The van der Waals surface area contributed by atoms with Gasteiger partial charge in [-0.25, -0.2) is 0 Å². The van der Waals surface area contributed by atoms with Crippen molar-refractivity contribution < 1.29 is 0 Å². The Morgan fingerprint density at radius 2 is 1.40 bits per heavy atom. The number of nitrogens with zero attached hydrogens (tertiary/aromatic N) is 3. The van der Waals surface area contributed by atoms with Crippen LogP contribution in [0.3, 0.4) is 0 Å². The number of rotatable bonds is 2. The molecule has 1 unspecified atom stereocenters. The van der Waals surface area contributed by atoms with E-state index in [9.17, 15) is 0 Å². The van der Waals surface area contributed by atoms with E-state index in [4.69, 9.17) is 5.26 Å². The third-order valence-electron chi connectivity index (χ3n) is 1.69. The molecular formula is C12H23N3. The molecule has 15 heavy (non-hydrogen) atoms. The predicted molar refractivity (Wildman–Crippen MR) is 62.7 cm³/mol. The van der Waals surface area contributed by atoms with Gasteiger partial charge >= 0.3 is 0 Å². The maximum Gasteiger partial charge on any atom is 0.165 e. The predicted octanol–water partition coefficient (Wildman–Crippen LogP) is 3.96. The van der Waals surface area contributed by atoms with E-state index in [1.807, 2.05) is 27.7 Å². The lowest BCUT2D eigenvalue weighted by Gasteiger charge is -2.26. The highest BCUT2D eigenvalue weighted by molar-refractivity contribution is 5.05. The third-order valence-corrected chi connectivity index (χ3v) is 1.69. The normalized spacial score (nSPS) is 17.5. The molecule has 0 spiro atoms. The van der Waals surface area contributed by atoms with Crippen molar-refractivity contribution in [1.29, 1.82) is 5.26 Å². The van der Waals surface area contributed by atoms with Crippen molar-refractivity contribution in [2.24, 2.45) is 15.6 Å². The Balaban J connectivity index is 4.76. The fourth-order valence-electron chi connectivity index (χ4n) is 1.39. The second-order valence-corrected chi connectivity index (χ2v) is 6.49. The molecule has 1 atom stereocenters. The van der Waals surface area contributed by atoms with Gasteiger partial charge in [0.05, 0.1) is 11.6 Å². The van der Waals surface area contributed by atoms with Crippen molar-refractivity contribution in [3.63, 3.8) is 0 Å². The topological polar surface area (TPSA) is 48.5 Å². The first kappa shape index (κ1) is 14.1. The van der Waals surface area contributed by atoms with E-state index < -0.39 is 5.54 Å². The molecule has 0 rings (SSSR count). The highest BCUT2D eigenvalue weighted by atomic mass is 15.2. The zero-order valence-electron chi connectivity index (χ0n) is 11.0. The van der Waals surface area contributed by atoms with Crippen LogP contribution in [0.2, 0.25) is 0 Å². The van der Waals surface area contributed by atoms with E-state index in [0.717, 1.165) is 6.42 Å². The quantitative estimate of drug-likeness (QED) is 0.635. The standard InChI is InChI=1S/C12H23N3/c1-10(2,3)8-12(7,9-13)15-14-11(4,5)6/h8H2,1-7H3. The van der Waals surface area contributed by atoms with Gasteiger partial charge < -0.3 is 0 Å². The van der Waals surface area contributed by atoms with E-state index in [2.05, 4.69) is 37.1 Å². The van der Waals surface area contributed by atoms with Gasteiger partial charge in [0.15, 0.2) is 5.54 Å². The average molecular weight is 209 g/mol. The molecule has 0 aromatic rings. The molecule has 0 amide bonds. The van der Waals surface area contributed by atoms with E-state index in [0.29, 0.717) is 0 Å². The molecule has 0 aromatic carbocycles. The van der Waals surface area contributed by atoms with Crippen LogP contribution in [0.5, 0.6) is 0 Å². The molecule has 0 bridgehead atoms. The minimum Gasteiger partial charge on any atom is -0.196 e. The summed E-state index contributed by atoms with van der Waals surface area (Å²) in [7, 11) is 0. The fourth-order valence-corrected chi connectivity index (χ4v) is 1.39. The number of hydrogen-bond donors (Lipinski definition) is 0. The van der Waals surface area contributed by atoms with Crippen LogP contribution in [-0.4, -0.2) is 11.1 Å². The molecule has 0 saturated heterocycles. The molecule has 0 fully saturated rings. The molecule has 0 saturated carbocycles. The SMILES string of the molecule is CC(C)(C)CC(C)(C#N)N=NC(C)(C)C. The monoisotopic (exact) mass is 209 g/mol. The third kappa shape index (κ3) is 7.07. The Kier molecular flexibility index (Phi) is 4.04. The summed E-state index contributed by atoms with van der Waals surface area (Å²) < 4.78 is 0. The second kappa shape index (κ2) is 4.30. The average Bonchev–Trinajstić information content (AvgIpc) is 1.97. The molecule has 86 valence electrons. The second-order valence-electron chi connectivity index (χ2n) is 6.49. The lowest BCUT2D eigenvalue weighted by Crippen LogP contribution is -2.27. The Labute approximate surface area is 93.6 Å². The van der Waals surface area contributed by atoms with Gasteiger partial charge in [-0.2, -0.15) is 15.5 Å². The summed E-state index contributed by atoms with van der Waals surface area (Å²) in [5.74, 6) is 0. The molecule has 3 nitrogen and oxygen atoms in total. The van der Waals surface area contributed by atoms with Crippen LogP contribution in [0.15, 0.2) is 10.2 Å². The van der Waals surface area contributed by atoms with E-state index in [1.54, 1.807) is 0 Å². The van der Waals surface area contributed by atoms with Crippen LogP contribution < -0.4 is 0 Å². The summed E-state index contributed by atoms with van der Waals surface area (Å²) in [6.07, 6.45) is 0.718. The Bertz CT molecular complexity index is 273. The minimum atomic E-state index is -0.703. The highest BCUT2D eigenvalue weighted by Crippen LogP contribution is 2.30. The molecule has 3 heteroatoms. The summed E-state index contributed by atoms with van der Waals surface area (Å²) >= 11 is 0. The van der Waals surface area contributed by atoms with Gasteiger partial charge in [0.1, 0.15) is 0 Å². The molecule has 0 aliphatic carbocycles. The van der Waals surface area contributed by atoms with Gasteiger partial charge in [0, 0.05) is 0 Å². The summed E-state index contributed by atoms with van der Waals surface area (Å²) in [5.41, 5.74) is -0.830. The van der Waals surface area contributed by atoms with Crippen molar-refractivity contribution in [2.75, 3.05) is 0 Å². The Hall–Kier alpha value is -0.910. The van der Waals surface area contributed by atoms with E-state index in [-0.39, 0.29) is 11.0 Å². The molecule has 0 aromatic heterocycles. The van der Waals surface area contributed by atoms with Gasteiger partial charge in [-0.3, -0.25) is 0 Å². The van der Waals surface area contributed by atoms with Crippen molar-refractivity contribution >= 4 is 0 Å². The van der Waals surface area contributed by atoms with Crippen LogP contribution in [0.25, 0.3) is 0 Å². The Morgan fingerprint density at radius 1 is 0.933 bits per heavy atom. The van der Waals surface area contributed by atoms with Gasteiger partial charge in [-0.1, -0.05) is 20.8 Å². The molecule has 0 aliphatic heterocycles. The zero-order valence-corrected chi connectivity index (χ0v) is 11.0. The molecule has 0 aliphatic rings. The zero-order chi connectivity index (χ0) is 12.3. The number of azo groups is 1. The number of nitriles is 1. The van der Waals surface area contributed by atoms with E-state index in [1.165, 1.54) is 0 Å². The molecule has 0 radical (unpaired) electrons. The maximum absolute atomic E-state index is 9.14. The fraction of sp³-hybridized carbons (Fsp3) is 0.917. The Morgan fingerprint density at radius 3 is 1.67 bits per heavy atom. The van der Waals surface area contributed by atoms with Crippen molar-refractivity contribution in [1.82, 2.24) is 0 Å². The number of hydrogen-bond acceptors (Lipinski definition) is 3. The minimum absolute atomic E-state index is 0.0847. The maximum atomic E-state index is 9.14. The van der Waals surface area contributed by atoms with Gasteiger partial charge in [-0.15, -0.1) is 0 Å². The summed E-state index contributed by atoms with van der Waals surface area (Å²) in [5, 5.41) is 17.5. The van der Waals surface area contributed by atoms with Gasteiger partial charge in [0.25, 0.3) is 0 Å². The van der Waals surface area contributed by atoms with Crippen LogP contribution in [0.1, 0.15) is 54.9 Å². The van der Waals surface area contributed by atoms with Gasteiger partial charge in [0.2, 0.25) is 0 Å². The van der Waals surface area contributed by atoms with Crippen LogP contribution in [0, 0.1) is 16.7 Å². The van der Waals surface area contributed by atoms with Crippen molar-refractivity contribution in [2.45, 2.75) is 66.0 Å². The molecule has 0 heterocycles. The van der Waals surface area contributed by atoms with E-state index >= 15 is 0 Å². The largest absolute Gasteiger partial charge is 0.196 e. The van der Waals surface area contributed by atoms with Crippen LogP contribution >= 0.6 is 0 Å². The van der Waals surface area contributed by atoms with Crippen molar-refractivity contribution in [3.05, 3.63) is 0 Å².